The number of carbonyl (C=O) groups excluding carboxylic acids is 1. The zero-order chi connectivity index (χ0) is 15.4. The summed E-state index contributed by atoms with van der Waals surface area (Å²) in [6, 6.07) is 0.770. The molecule has 5 nitrogen and oxygen atoms in total. The number of benzene rings is 1. The highest BCUT2D eigenvalue weighted by atomic mass is 35.5. The van der Waals surface area contributed by atoms with Crippen molar-refractivity contribution in [3.8, 4) is 0 Å². The average Bonchev–Trinajstić information content (AvgIpc) is 2.36. The second-order valence-electron chi connectivity index (χ2n) is 4.06. The number of halogens is 3. The summed E-state index contributed by atoms with van der Waals surface area (Å²) < 4.78 is 13.2. The molecule has 0 heterocycles. The molecule has 1 rings (SSSR count). The number of hydrogen-bond acceptors (Lipinski definition) is 2. The zero-order valence-corrected chi connectivity index (χ0v) is 12.3. The van der Waals surface area contributed by atoms with Gasteiger partial charge in [0.1, 0.15) is 6.04 Å². The Labute approximate surface area is 125 Å². The van der Waals surface area contributed by atoms with Crippen molar-refractivity contribution in [1.29, 1.82) is 0 Å². The number of carboxylic acids is 1. The number of anilines is 1. The highest BCUT2D eigenvalue weighted by molar-refractivity contribution is 6.35. The van der Waals surface area contributed by atoms with E-state index in [1.54, 1.807) is 6.92 Å². The number of carboxylic acid groups (broad SMARTS) is 1. The third kappa shape index (κ3) is 3.74. The van der Waals surface area contributed by atoms with Gasteiger partial charge in [0.05, 0.1) is 10.0 Å². The van der Waals surface area contributed by atoms with E-state index in [2.05, 4.69) is 5.32 Å². The summed E-state index contributed by atoms with van der Waals surface area (Å²) in [7, 11) is 1.35. The number of aliphatic carboxylic acids is 1. The van der Waals surface area contributed by atoms with Gasteiger partial charge in [-0.1, -0.05) is 30.1 Å². The molecule has 0 radical (unpaired) electrons. The Bertz CT molecular complexity index is 516. The molecule has 0 bridgehead atoms. The van der Waals surface area contributed by atoms with Crippen LogP contribution >= 0.6 is 23.2 Å². The molecular weight excluding hydrogens is 310 g/mol. The van der Waals surface area contributed by atoms with Gasteiger partial charge in [-0.25, -0.2) is 14.0 Å². The highest BCUT2D eigenvalue weighted by Gasteiger charge is 2.24. The number of rotatable bonds is 4. The third-order valence-electron chi connectivity index (χ3n) is 2.69. The molecule has 1 unspecified atom stereocenters. The van der Waals surface area contributed by atoms with Crippen LogP contribution in [-0.4, -0.2) is 35.1 Å². The Hall–Kier alpha value is -1.53. The molecule has 20 heavy (non-hydrogen) atoms. The van der Waals surface area contributed by atoms with Crippen LogP contribution in [0.3, 0.4) is 0 Å². The van der Waals surface area contributed by atoms with Crippen LogP contribution in [0.5, 0.6) is 0 Å². The van der Waals surface area contributed by atoms with Crippen molar-refractivity contribution in [2.24, 2.45) is 0 Å². The van der Waals surface area contributed by atoms with E-state index in [1.165, 1.54) is 19.2 Å². The van der Waals surface area contributed by atoms with Gasteiger partial charge in [0.25, 0.3) is 0 Å². The third-order valence-corrected chi connectivity index (χ3v) is 3.24. The fraction of sp³-hybridized carbons (Fsp3) is 0.333. The molecule has 0 aliphatic rings. The van der Waals surface area contributed by atoms with Gasteiger partial charge in [0.15, 0.2) is 5.82 Å². The summed E-state index contributed by atoms with van der Waals surface area (Å²) >= 11 is 11.2. The van der Waals surface area contributed by atoms with Gasteiger partial charge in [-0.05, 0) is 18.6 Å². The summed E-state index contributed by atoms with van der Waals surface area (Å²) in [4.78, 5) is 23.9. The van der Waals surface area contributed by atoms with Crippen molar-refractivity contribution in [3.63, 3.8) is 0 Å². The molecule has 1 atom stereocenters. The van der Waals surface area contributed by atoms with E-state index in [4.69, 9.17) is 28.3 Å². The molecule has 0 aliphatic carbocycles. The van der Waals surface area contributed by atoms with Gasteiger partial charge in [0.2, 0.25) is 0 Å². The molecule has 0 saturated heterocycles. The largest absolute Gasteiger partial charge is 0.480 e. The van der Waals surface area contributed by atoms with Gasteiger partial charge < -0.3 is 15.3 Å². The molecule has 2 N–H and O–H groups in total. The van der Waals surface area contributed by atoms with Crippen LogP contribution in [0.25, 0.3) is 0 Å². The maximum absolute atomic E-state index is 13.2. The molecule has 0 aromatic heterocycles. The lowest BCUT2D eigenvalue weighted by molar-refractivity contribution is -0.141. The molecule has 110 valence electrons. The Morgan fingerprint density at radius 2 is 1.90 bits per heavy atom. The maximum Gasteiger partial charge on any atom is 0.326 e. The summed E-state index contributed by atoms with van der Waals surface area (Å²) in [6.45, 7) is 1.65. The van der Waals surface area contributed by atoms with Crippen molar-refractivity contribution in [1.82, 2.24) is 4.90 Å². The maximum atomic E-state index is 13.2. The van der Waals surface area contributed by atoms with Crippen LogP contribution in [0.1, 0.15) is 13.3 Å². The first kappa shape index (κ1) is 16.5. The van der Waals surface area contributed by atoms with Gasteiger partial charge in [-0.2, -0.15) is 0 Å². The Kier molecular flexibility index (Phi) is 5.59. The van der Waals surface area contributed by atoms with Gasteiger partial charge in [0, 0.05) is 12.7 Å². The molecule has 1 aromatic rings. The monoisotopic (exact) mass is 322 g/mol. The minimum Gasteiger partial charge on any atom is -0.480 e. The number of carbonyl (C=O) groups is 2. The summed E-state index contributed by atoms with van der Waals surface area (Å²) in [5.74, 6) is -1.89. The second kappa shape index (κ2) is 6.76. The SMILES string of the molecule is CCC(C(=O)O)N(C)C(=O)Nc1cc(Cl)c(F)c(Cl)c1. The lowest BCUT2D eigenvalue weighted by Gasteiger charge is -2.24. The number of hydrogen-bond donors (Lipinski definition) is 2. The number of nitrogens with one attached hydrogen (secondary N) is 1. The lowest BCUT2D eigenvalue weighted by atomic mass is 10.2. The van der Waals surface area contributed by atoms with Crippen molar-refractivity contribution in [2.45, 2.75) is 19.4 Å². The van der Waals surface area contributed by atoms with Crippen LogP contribution in [0.4, 0.5) is 14.9 Å². The van der Waals surface area contributed by atoms with E-state index < -0.39 is 23.9 Å². The first-order chi connectivity index (χ1) is 9.27. The van der Waals surface area contributed by atoms with E-state index in [9.17, 15) is 14.0 Å². The van der Waals surface area contributed by atoms with Crippen LogP contribution in [0.2, 0.25) is 10.0 Å². The molecule has 2 amide bonds. The summed E-state index contributed by atoms with van der Waals surface area (Å²) in [6.07, 6.45) is 0.254. The Morgan fingerprint density at radius 3 is 2.30 bits per heavy atom. The van der Waals surface area contributed by atoms with Crippen LogP contribution in [-0.2, 0) is 4.79 Å². The summed E-state index contributed by atoms with van der Waals surface area (Å²) in [5, 5.41) is 10.9. The smallest absolute Gasteiger partial charge is 0.326 e. The molecule has 0 spiro atoms. The predicted octanol–water partition coefficient (Wildman–Crippen LogP) is 3.46. The van der Waals surface area contributed by atoms with Gasteiger partial charge in [-0.3, -0.25) is 0 Å². The van der Waals surface area contributed by atoms with E-state index >= 15 is 0 Å². The van der Waals surface area contributed by atoms with E-state index in [0.29, 0.717) is 0 Å². The van der Waals surface area contributed by atoms with E-state index in [-0.39, 0.29) is 22.2 Å². The second-order valence-corrected chi connectivity index (χ2v) is 4.87. The molecule has 8 heteroatoms. The predicted molar refractivity (Wildman–Crippen MR) is 74.9 cm³/mol. The van der Waals surface area contributed by atoms with Crippen molar-refractivity contribution >= 4 is 40.9 Å². The summed E-state index contributed by atoms with van der Waals surface area (Å²) in [5.41, 5.74) is 0.179. The van der Waals surface area contributed by atoms with Crippen molar-refractivity contribution in [3.05, 3.63) is 28.0 Å². The number of amides is 2. The minimum absolute atomic E-state index is 0.179. The fourth-order valence-electron chi connectivity index (χ4n) is 1.60. The molecule has 0 fully saturated rings. The van der Waals surface area contributed by atoms with Crippen LogP contribution in [0, 0.1) is 5.82 Å². The quantitative estimate of drug-likeness (QED) is 0.834. The van der Waals surface area contributed by atoms with Crippen molar-refractivity contribution < 1.29 is 19.1 Å². The number of nitrogens with zero attached hydrogens (tertiary/aromatic N) is 1. The Morgan fingerprint density at radius 1 is 1.40 bits per heavy atom. The average molecular weight is 323 g/mol. The molecule has 0 saturated carbocycles. The molecular formula is C12H13Cl2FN2O3. The standard InChI is InChI=1S/C12H13Cl2FN2O3/c1-3-9(11(18)19)17(2)12(20)16-6-4-7(13)10(15)8(14)5-6/h4-5,9H,3H2,1-2H3,(H,16,20)(H,18,19). The molecule has 1 aromatic carbocycles. The zero-order valence-electron chi connectivity index (χ0n) is 10.8. The van der Waals surface area contributed by atoms with E-state index in [0.717, 1.165) is 4.90 Å². The normalized spacial score (nSPS) is 11.8. The van der Waals surface area contributed by atoms with Gasteiger partial charge >= 0.3 is 12.0 Å². The van der Waals surface area contributed by atoms with Crippen molar-refractivity contribution in [2.75, 3.05) is 12.4 Å². The first-order valence-corrected chi connectivity index (χ1v) is 6.44. The van der Waals surface area contributed by atoms with E-state index in [1.807, 2.05) is 0 Å². The highest BCUT2D eigenvalue weighted by Crippen LogP contribution is 2.27. The molecule has 0 aliphatic heterocycles. The Balaban J connectivity index is 2.88. The van der Waals surface area contributed by atoms with Crippen LogP contribution in [0.15, 0.2) is 12.1 Å². The first-order valence-electron chi connectivity index (χ1n) is 5.69. The number of likely N-dealkylation sites (N-methyl/N-ethyl adjacent to an activating group) is 1. The number of urea groups is 1. The fourth-order valence-corrected chi connectivity index (χ4v) is 2.08. The minimum atomic E-state index is -1.11. The van der Waals surface area contributed by atoms with Gasteiger partial charge in [-0.15, -0.1) is 0 Å². The van der Waals surface area contributed by atoms with Crippen LogP contribution < -0.4 is 5.32 Å². The lowest BCUT2D eigenvalue weighted by Crippen LogP contribution is -2.44. The topological polar surface area (TPSA) is 69.6 Å².